The molecule has 1 aromatic rings. The van der Waals surface area contributed by atoms with Gasteiger partial charge in [-0.3, -0.25) is 0 Å². The van der Waals surface area contributed by atoms with Crippen molar-refractivity contribution in [3.05, 3.63) is 41.5 Å². The van der Waals surface area contributed by atoms with Gasteiger partial charge >= 0.3 is 0 Å². The molecule has 0 unspecified atom stereocenters. The average molecular weight is 204 g/mol. The van der Waals surface area contributed by atoms with E-state index in [4.69, 9.17) is 0 Å². The highest BCUT2D eigenvalue weighted by atomic mass is 28.1. The molecular formula is C13H20Si. The Bertz CT molecular complexity index is 272. The quantitative estimate of drug-likeness (QED) is 0.647. The Morgan fingerprint density at radius 3 is 2.50 bits per heavy atom. The van der Waals surface area contributed by atoms with Gasteiger partial charge in [0.05, 0.1) is 0 Å². The summed E-state index contributed by atoms with van der Waals surface area (Å²) >= 11 is 0. The zero-order valence-electron chi connectivity index (χ0n) is 9.29. The van der Waals surface area contributed by atoms with Crippen LogP contribution in [-0.4, -0.2) is 10.2 Å². The Morgan fingerprint density at radius 2 is 1.93 bits per heavy atom. The molecule has 0 aliphatic rings. The lowest BCUT2D eigenvalue weighted by Gasteiger charge is -2.00. The van der Waals surface area contributed by atoms with Crippen molar-refractivity contribution in [1.29, 1.82) is 0 Å². The van der Waals surface area contributed by atoms with Gasteiger partial charge in [-0.15, -0.1) is 0 Å². The summed E-state index contributed by atoms with van der Waals surface area (Å²) in [6.07, 6.45) is 8.11. The molecule has 0 aliphatic carbocycles. The van der Waals surface area contributed by atoms with Gasteiger partial charge in [0.1, 0.15) is 0 Å². The monoisotopic (exact) mass is 204 g/mol. The second kappa shape index (κ2) is 6.60. The molecule has 0 spiro atoms. The highest BCUT2D eigenvalue weighted by Gasteiger charge is 1.91. The summed E-state index contributed by atoms with van der Waals surface area (Å²) < 4.78 is 0. The molecule has 0 saturated heterocycles. The van der Waals surface area contributed by atoms with Crippen LogP contribution in [0, 0.1) is 0 Å². The lowest BCUT2D eigenvalue weighted by atomic mass is 10.1. The lowest BCUT2D eigenvalue weighted by molar-refractivity contribution is 0.919. The van der Waals surface area contributed by atoms with Crippen molar-refractivity contribution in [1.82, 2.24) is 0 Å². The van der Waals surface area contributed by atoms with Crippen LogP contribution >= 0.6 is 0 Å². The molecule has 0 bridgehead atoms. The smallest absolute Gasteiger partial charge is 0.00281 e. The van der Waals surface area contributed by atoms with Gasteiger partial charge in [-0.05, 0) is 24.0 Å². The van der Waals surface area contributed by atoms with E-state index >= 15 is 0 Å². The van der Waals surface area contributed by atoms with Crippen LogP contribution in [0.2, 0.25) is 6.04 Å². The Morgan fingerprint density at radius 1 is 1.21 bits per heavy atom. The van der Waals surface area contributed by atoms with Crippen molar-refractivity contribution >= 4 is 16.3 Å². The summed E-state index contributed by atoms with van der Waals surface area (Å²) in [5.41, 5.74) is 2.80. The van der Waals surface area contributed by atoms with Crippen LogP contribution in [0.4, 0.5) is 0 Å². The molecule has 0 atom stereocenters. The van der Waals surface area contributed by atoms with Gasteiger partial charge in [0.25, 0.3) is 0 Å². The molecule has 0 nitrogen and oxygen atoms in total. The van der Waals surface area contributed by atoms with Crippen LogP contribution in [0.5, 0.6) is 0 Å². The molecule has 1 heteroatoms. The van der Waals surface area contributed by atoms with Gasteiger partial charge in [0, 0.05) is 10.2 Å². The number of aryl methyl sites for hydroxylation is 1. The third kappa shape index (κ3) is 3.92. The van der Waals surface area contributed by atoms with Crippen molar-refractivity contribution in [2.75, 3.05) is 0 Å². The molecular weight excluding hydrogens is 184 g/mol. The van der Waals surface area contributed by atoms with E-state index in [-0.39, 0.29) is 0 Å². The van der Waals surface area contributed by atoms with Gasteiger partial charge in [0.15, 0.2) is 0 Å². The Labute approximate surface area is 90.5 Å². The molecule has 1 aromatic carbocycles. The summed E-state index contributed by atoms with van der Waals surface area (Å²) in [7, 11) is 1.34. The van der Waals surface area contributed by atoms with Crippen LogP contribution in [0.25, 0.3) is 6.08 Å². The van der Waals surface area contributed by atoms with E-state index in [1.165, 1.54) is 40.3 Å². The first-order valence-corrected chi connectivity index (χ1v) is 7.03. The van der Waals surface area contributed by atoms with E-state index in [1.807, 2.05) is 0 Å². The van der Waals surface area contributed by atoms with E-state index in [0.29, 0.717) is 0 Å². The first-order chi connectivity index (χ1) is 6.86. The number of allylic oxidation sites excluding steroid dienone is 1. The Hall–Kier alpha value is -0.823. The third-order valence-corrected chi connectivity index (χ3v) is 3.05. The molecule has 0 fully saturated rings. The molecule has 0 heterocycles. The van der Waals surface area contributed by atoms with Crippen molar-refractivity contribution in [2.45, 2.75) is 32.2 Å². The summed E-state index contributed by atoms with van der Waals surface area (Å²) in [5, 5.41) is 0. The van der Waals surface area contributed by atoms with Gasteiger partial charge in [-0.2, -0.15) is 0 Å². The Balaban J connectivity index is 2.54. The zero-order valence-corrected chi connectivity index (χ0v) is 11.3. The summed E-state index contributed by atoms with van der Waals surface area (Å²) in [6, 6.07) is 10.4. The van der Waals surface area contributed by atoms with Crippen molar-refractivity contribution in [2.24, 2.45) is 0 Å². The minimum atomic E-state index is 1.11. The van der Waals surface area contributed by atoms with Crippen molar-refractivity contribution in [3.63, 3.8) is 0 Å². The topological polar surface area (TPSA) is 0 Å². The maximum Gasteiger partial charge on any atom is 0.00281 e. The van der Waals surface area contributed by atoms with Crippen LogP contribution in [0.15, 0.2) is 30.3 Å². The number of rotatable bonds is 5. The lowest BCUT2D eigenvalue weighted by Crippen LogP contribution is -1.84. The summed E-state index contributed by atoms with van der Waals surface area (Å²) in [6.45, 7) is 2.16. The van der Waals surface area contributed by atoms with Crippen LogP contribution < -0.4 is 0 Å². The largest absolute Gasteiger partial charge is 0.0842 e. The predicted octanol–water partition coefficient (Wildman–Crippen LogP) is 2.83. The molecule has 1 rings (SSSR count). The first-order valence-electron chi connectivity index (χ1n) is 5.62. The predicted molar refractivity (Wildman–Crippen MR) is 68.8 cm³/mol. The van der Waals surface area contributed by atoms with E-state index < -0.39 is 0 Å². The molecule has 0 amide bonds. The van der Waals surface area contributed by atoms with Crippen LogP contribution in [0.1, 0.15) is 30.9 Å². The fraction of sp³-hybridized carbons (Fsp3) is 0.385. The van der Waals surface area contributed by atoms with E-state index in [2.05, 4.69) is 43.3 Å². The van der Waals surface area contributed by atoms with Crippen molar-refractivity contribution in [3.8, 4) is 0 Å². The number of hydrogen-bond acceptors (Lipinski definition) is 0. The maximum absolute atomic E-state index is 2.26. The molecule has 0 N–H and O–H groups in total. The molecule has 0 aromatic heterocycles. The zero-order chi connectivity index (χ0) is 10.2. The minimum absolute atomic E-state index is 1.11. The SMILES string of the molecule is CC/C=C/c1ccc(CCC[SiH3])cc1. The van der Waals surface area contributed by atoms with E-state index in [0.717, 1.165) is 6.42 Å². The fourth-order valence-corrected chi connectivity index (χ4v) is 1.78. The van der Waals surface area contributed by atoms with Gasteiger partial charge in [-0.1, -0.05) is 55.8 Å². The van der Waals surface area contributed by atoms with Gasteiger partial charge in [0.2, 0.25) is 0 Å². The minimum Gasteiger partial charge on any atom is -0.0842 e. The van der Waals surface area contributed by atoms with Gasteiger partial charge in [-0.25, -0.2) is 0 Å². The number of hydrogen-bond donors (Lipinski definition) is 0. The maximum atomic E-state index is 2.26. The first kappa shape index (κ1) is 11.3. The van der Waals surface area contributed by atoms with Crippen molar-refractivity contribution < 1.29 is 0 Å². The molecule has 0 radical (unpaired) electrons. The highest BCUT2D eigenvalue weighted by Crippen LogP contribution is 2.09. The van der Waals surface area contributed by atoms with Crippen LogP contribution in [0.3, 0.4) is 0 Å². The molecule has 0 saturated carbocycles. The summed E-state index contributed by atoms with van der Waals surface area (Å²) in [4.78, 5) is 0. The van der Waals surface area contributed by atoms with E-state index in [9.17, 15) is 0 Å². The standard InChI is InChI=1S/C13H20Si/c1-2-3-5-12-7-9-13(10-8-12)6-4-11-14/h3,5,7-10H,2,4,6,11H2,1,14H3/b5-3+. The average Bonchev–Trinajstić information content (AvgIpc) is 2.25. The van der Waals surface area contributed by atoms with Crippen LogP contribution in [-0.2, 0) is 6.42 Å². The third-order valence-electron chi connectivity index (χ3n) is 2.34. The summed E-state index contributed by atoms with van der Waals surface area (Å²) in [5.74, 6) is 0. The fourth-order valence-electron chi connectivity index (χ4n) is 1.43. The van der Waals surface area contributed by atoms with E-state index in [1.54, 1.807) is 0 Å². The molecule has 14 heavy (non-hydrogen) atoms. The highest BCUT2D eigenvalue weighted by molar-refractivity contribution is 6.08. The second-order valence-corrected chi connectivity index (χ2v) is 4.66. The normalized spacial score (nSPS) is 11.2. The molecule has 76 valence electrons. The molecule has 0 aliphatic heterocycles. The Kier molecular flexibility index (Phi) is 5.31. The second-order valence-electron chi connectivity index (χ2n) is 3.66. The number of benzene rings is 1. The van der Waals surface area contributed by atoms with Gasteiger partial charge < -0.3 is 0 Å².